The van der Waals surface area contributed by atoms with Crippen molar-refractivity contribution in [1.29, 1.82) is 0 Å². The number of carbonyl (C=O) groups is 1. The first-order chi connectivity index (χ1) is 7.84. The monoisotopic (exact) mass is 228 g/mol. The van der Waals surface area contributed by atoms with Gasteiger partial charge >= 0.3 is 0 Å². The van der Waals surface area contributed by atoms with Gasteiger partial charge < -0.3 is 5.32 Å². The minimum Gasteiger partial charge on any atom is -0.321 e. The zero-order valence-electron chi connectivity index (χ0n) is 8.31. The number of anilines is 1. The Morgan fingerprint density at radius 3 is 2.94 bits per heavy atom. The number of rotatable bonds is 1. The molecule has 16 heavy (non-hydrogen) atoms. The van der Waals surface area contributed by atoms with E-state index >= 15 is 0 Å². The molecule has 3 rings (SSSR count). The number of benzene rings is 1. The standard InChI is InChI=1S/C12H8N2OS/c15-12-10(7-8-5-6-13-16-8)9-3-1-2-4-11(9)14-12/h1-7H,(H,14,15). The Labute approximate surface area is 96.6 Å². The first-order valence-corrected chi connectivity index (χ1v) is 5.65. The lowest BCUT2D eigenvalue weighted by Gasteiger charge is -1.95. The Morgan fingerprint density at radius 2 is 2.12 bits per heavy atom. The summed E-state index contributed by atoms with van der Waals surface area (Å²) >= 11 is 1.38. The molecular formula is C12H8N2OS. The van der Waals surface area contributed by atoms with Crippen molar-refractivity contribution in [1.82, 2.24) is 4.37 Å². The molecule has 1 aliphatic rings. The lowest BCUT2D eigenvalue weighted by molar-refractivity contribution is -0.110. The Balaban J connectivity index is 2.12. The smallest absolute Gasteiger partial charge is 0.256 e. The second-order valence-corrected chi connectivity index (χ2v) is 4.34. The molecule has 1 aliphatic heterocycles. The zero-order chi connectivity index (χ0) is 11.0. The molecule has 0 saturated heterocycles. The molecule has 1 N–H and O–H groups in total. The minimum absolute atomic E-state index is 0.0467. The molecule has 1 aromatic carbocycles. The first-order valence-electron chi connectivity index (χ1n) is 4.88. The van der Waals surface area contributed by atoms with Gasteiger partial charge in [0.15, 0.2) is 0 Å². The molecule has 2 aromatic rings. The predicted octanol–water partition coefficient (Wildman–Crippen LogP) is 2.64. The van der Waals surface area contributed by atoms with Crippen LogP contribution in [0.4, 0.5) is 5.69 Å². The summed E-state index contributed by atoms with van der Waals surface area (Å²) in [6.07, 6.45) is 3.61. The van der Waals surface area contributed by atoms with Crippen molar-refractivity contribution in [2.75, 3.05) is 5.32 Å². The van der Waals surface area contributed by atoms with E-state index in [1.165, 1.54) is 11.5 Å². The van der Waals surface area contributed by atoms with Crippen LogP contribution in [0.25, 0.3) is 11.6 Å². The maximum Gasteiger partial charge on any atom is 0.256 e. The highest BCUT2D eigenvalue weighted by Crippen LogP contribution is 2.32. The van der Waals surface area contributed by atoms with Crippen LogP contribution in [0.15, 0.2) is 36.5 Å². The van der Waals surface area contributed by atoms with Gasteiger partial charge in [0.25, 0.3) is 5.91 Å². The number of hydrogen-bond acceptors (Lipinski definition) is 3. The molecule has 0 fully saturated rings. The van der Waals surface area contributed by atoms with Gasteiger partial charge in [0, 0.05) is 22.3 Å². The van der Waals surface area contributed by atoms with Gasteiger partial charge in [-0.15, -0.1) is 0 Å². The third kappa shape index (κ3) is 1.44. The normalized spacial score (nSPS) is 16.2. The molecular weight excluding hydrogens is 220 g/mol. The van der Waals surface area contributed by atoms with Crippen molar-refractivity contribution >= 4 is 34.8 Å². The first kappa shape index (κ1) is 9.30. The van der Waals surface area contributed by atoms with E-state index in [-0.39, 0.29) is 5.91 Å². The summed E-state index contributed by atoms with van der Waals surface area (Å²) in [4.78, 5) is 12.8. The van der Waals surface area contributed by atoms with Crippen LogP contribution in [0.5, 0.6) is 0 Å². The molecule has 0 saturated carbocycles. The van der Waals surface area contributed by atoms with Crippen LogP contribution in [-0.2, 0) is 4.79 Å². The molecule has 3 nitrogen and oxygen atoms in total. The van der Waals surface area contributed by atoms with Gasteiger partial charge in [0.2, 0.25) is 0 Å². The number of aromatic nitrogens is 1. The van der Waals surface area contributed by atoms with Gasteiger partial charge in [-0.25, -0.2) is 4.37 Å². The molecule has 78 valence electrons. The van der Waals surface area contributed by atoms with Gasteiger partial charge in [-0.1, -0.05) is 18.2 Å². The van der Waals surface area contributed by atoms with Crippen LogP contribution in [0, 0.1) is 0 Å². The molecule has 0 unspecified atom stereocenters. The van der Waals surface area contributed by atoms with Crippen molar-refractivity contribution in [2.24, 2.45) is 0 Å². The molecule has 0 spiro atoms. The zero-order valence-corrected chi connectivity index (χ0v) is 9.12. The number of nitrogens with one attached hydrogen (secondary N) is 1. The van der Waals surface area contributed by atoms with Crippen LogP contribution in [0.1, 0.15) is 10.4 Å². The highest BCUT2D eigenvalue weighted by molar-refractivity contribution is 7.06. The number of nitrogens with zero attached hydrogens (tertiary/aromatic N) is 1. The summed E-state index contributed by atoms with van der Waals surface area (Å²) < 4.78 is 4.01. The number of para-hydroxylation sites is 1. The SMILES string of the molecule is O=C1Nc2ccccc2C1=Cc1ccns1. The van der Waals surface area contributed by atoms with Crippen LogP contribution in [0.2, 0.25) is 0 Å². The van der Waals surface area contributed by atoms with Crippen LogP contribution in [0.3, 0.4) is 0 Å². The third-order valence-electron chi connectivity index (χ3n) is 2.45. The van der Waals surface area contributed by atoms with Gasteiger partial charge in [-0.3, -0.25) is 4.79 Å². The van der Waals surface area contributed by atoms with E-state index in [2.05, 4.69) is 9.69 Å². The summed E-state index contributed by atoms with van der Waals surface area (Å²) in [6, 6.07) is 9.58. The average molecular weight is 228 g/mol. The van der Waals surface area contributed by atoms with Crippen molar-refractivity contribution < 1.29 is 4.79 Å². The highest BCUT2D eigenvalue weighted by Gasteiger charge is 2.23. The molecule has 0 atom stereocenters. The van der Waals surface area contributed by atoms with E-state index in [1.807, 2.05) is 36.4 Å². The van der Waals surface area contributed by atoms with Crippen molar-refractivity contribution in [2.45, 2.75) is 0 Å². The maximum absolute atomic E-state index is 11.8. The summed E-state index contributed by atoms with van der Waals surface area (Å²) in [7, 11) is 0. The second kappa shape index (κ2) is 3.57. The number of amides is 1. The third-order valence-corrected chi connectivity index (χ3v) is 3.15. The topological polar surface area (TPSA) is 42.0 Å². The predicted molar refractivity (Wildman–Crippen MR) is 65.1 cm³/mol. The minimum atomic E-state index is -0.0467. The lowest BCUT2D eigenvalue weighted by atomic mass is 10.1. The van der Waals surface area contributed by atoms with Gasteiger partial charge in [-0.2, -0.15) is 0 Å². The van der Waals surface area contributed by atoms with Gasteiger partial charge in [-0.05, 0) is 29.7 Å². The van der Waals surface area contributed by atoms with E-state index in [0.29, 0.717) is 5.57 Å². The Kier molecular flexibility index (Phi) is 2.08. The summed E-state index contributed by atoms with van der Waals surface area (Å²) in [5.74, 6) is -0.0467. The molecule has 1 amide bonds. The van der Waals surface area contributed by atoms with E-state index in [9.17, 15) is 4.79 Å². The van der Waals surface area contributed by atoms with Crippen molar-refractivity contribution in [3.63, 3.8) is 0 Å². The van der Waals surface area contributed by atoms with E-state index < -0.39 is 0 Å². The number of carbonyl (C=O) groups excluding carboxylic acids is 1. The molecule has 1 aromatic heterocycles. The van der Waals surface area contributed by atoms with Crippen molar-refractivity contribution in [3.8, 4) is 0 Å². The molecule has 0 aliphatic carbocycles. The van der Waals surface area contributed by atoms with Gasteiger partial charge in [0.05, 0.1) is 5.57 Å². The molecule has 0 bridgehead atoms. The van der Waals surface area contributed by atoms with Crippen LogP contribution in [-0.4, -0.2) is 10.3 Å². The maximum atomic E-state index is 11.8. The fraction of sp³-hybridized carbons (Fsp3) is 0. The fourth-order valence-electron chi connectivity index (χ4n) is 1.72. The van der Waals surface area contributed by atoms with Crippen molar-refractivity contribution in [3.05, 3.63) is 47.0 Å². The number of fused-ring (bicyclic) bond motifs is 1. The summed E-state index contributed by atoms with van der Waals surface area (Å²) in [5.41, 5.74) is 2.55. The number of hydrogen-bond donors (Lipinski definition) is 1. The second-order valence-electron chi connectivity index (χ2n) is 3.47. The van der Waals surface area contributed by atoms with Crippen LogP contribution < -0.4 is 5.32 Å². The fourth-order valence-corrected chi connectivity index (χ4v) is 2.26. The van der Waals surface area contributed by atoms with E-state index in [0.717, 1.165) is 16.1 Å². The van der Waals surface area contributed by atoms with Gasteiger partial charge in [0.1, 0.15) is 0 Å². The largest absolute Gasteiger partial charge is 0.321 e. The highest BCUT2D eigenvalue weighted by atomic mass is 32.1. The molecule has 0 radical (unpaired) electrons. The van der Waals surface area contributed by atoms with E-state index in [4.69, 9.17) is 0 Å². The van der Waals surface area contributed by atoms with E-state index in [1.54, 1.807) is 6.20 Å². The summed E-state index contributed by atoms with van der Waals surface area (Å²) in [5, 5.41) is 2.84. The Bertz CT molecular complexity index is 572. The lowest BCUT2D eigenvalue weighted by Crippen LogP contribution is -2.03. The average Bonchev–Trinajstić information content (AvgIpc) is 2.89. The molecule has 4 heteroatoms. The Morgan fingerprint density at radius 1 is 1.25 bits per heavy atom. The Hall–Kier alpha value is -1.94. The summed E-state index contributed by atoms with van der Waals surface area (Å²) in [6.45, 7) is 0. The van der Waals surface area contributed by atoms with Crippen LogP contribution >= 0.6 is 11.5 Å². The molecule has 2 heterocycles. The quantitative estimate of drug-likeness (QED) is 0.762.